The van der Waals surface area contributed by atoms with Gasteiger partial charge in [0.05, 0.1) is 6.54 Å². The van der Waals surface area contributed by atoms with Crippen LogP contribution < -0.4 is 27.0 Å². The number of hydrogen-bond donors (Lipinski definition) is 5. The second kappa shape index (κ2) is 48.3. The minimum atomic E-state index is -0.896. The fourth-order valence-corrected chi connectivity index (χ4v) is 8.60. The van der Waals surface area contributed by atoms with Crippen LogP contribution in [0.15, 0.2) is 0 Å². The first-order valence-electron chi connectivity index (χ1n) is 27.7. The Bertz CT molecular complexity index is 1100. The predicted octanol–water partition coefficient (Wildman–Crippen LogP) is 13.1. The number of primary amides is 1. The molecule has 0 aliphatic carbocycles. The average Bonchev–Trinajstić information content (AvgIpc) is 3.28. The predicted molar refractivity (Wildman–Crippen MR) is 270 cm³/mol. The van der Waals surface area contributed by atoms with Gasteiger partial charge < -0.3 is 27.0 Å². The summed E-state index contributed by atoms with van der Waals surface area (Å²) in [6, 6.07) is -1.69. The van der Waals surface area contributed by atoms with Crippen LogP contribution >= 0.6 is 0 Å². The number of amides is 5. The van der Waals surface area contributed by atoms with Crippen molar-refractivity contribution in [3.63, 3.8) is 0 Å². The topological polar surface area (TPSA) is 159 Å². The van der Waals surface area contributed by atoms with E-state index in [0.29, 0.717) is 19.3 Å². The van der Waals surface area contributed by atoms with E-state index in [1.165, 1.54) is 186 Å². The van der Waals surface area contributed by atoms with E-state index in [4.69, 9.17) is 5.73 Å². The van der Waals surface area contributed by atoms with Crippen LogP contribution in [0.1, 0.15) is 290 Å². The van der Waals surface area contributed by atoms with Gasteiger partial charge in [-0.3, -0.25) is 24.0 Å². The Morgan fingerprint density at radius 3 is 1.02 bits per heavy atom. The van der Waals surface area contributed by atoms with Crippen LogP contribution in [-0.2, 0) is 24.0 Å². The Kier molecular flexibility index (Phi) is 46.3. The van der Waals surface area contributed by atoms with E-state index in [-0.39, 0.29) is 31.3 Å². The van der Waals surface area contributed by atoms with Gasteiger partial charge in [0.1, 0.15) is 12.1 Å². The molecule has 0 rings (SSSR count). The zero-order valence-corrected chi connectivity index (χ0v) is 42.4. The summed E-state index contributed by atoms with van der Waals surface area (Å²) in [5, 5.41) is 11.1. The Balaban J connectivity index is 4.69. The van der Waals surface area contributed by atoms with Crippen molar-refractivity contribution >= 4 is 29.5 Å². The normalized spacial score (nSPS) is 12.2. The minimum absolute atomic E-state index is 0.0504. The second-order valence-electron chi connectivity index (χ2n) is 19.2. The summed E-state index contributed by atoms with van der Waals surface area (Å²) in [5.74, 6) is -1.83. The fourth-order valence-electron chi connectivity index (χ4n) is 8.60. The van der Waals surface area contributed by atoms with Gasteiger partial charge in [-0.05, 0) is 25.7 Å². The third kappa shape index (κ3) is 43.3. The van der Waals surface area contributed by atoms with E-state index in [0.717, 1.165) is 57.8 Å². The molecule has 0 spiro atoms. The summed E-state index contributed by atoms with van der Waals surface area (Å²) in [5.41, 5.74) is 5.63. The lowest BCUT2D eigenvalue weighted by Gasteiger charge is -2.20. The minimum Gasteiger partial charge on any atom is -0.368 e. The Morgan fingerprint density at radius 1 is 0.344 bits per heavy atom. The summed E-state index contributed by atoms with van der Waals surface area (Å²) in [7, 11) is 0. The Hall–Kier alpha value is -2.65. The highest BCUT2D eigenvalue weighted by molar-refractivity contribution is 5.92. The molecule has 2 atom stereocenters. The van der Waals surface area contributed by atoms with Gasteiger partial charge >= 0.3 is 0 Å². The molecule has 0 aromatic heterocycles. The van der Waals surface area contributed by atoms with Crippen LogP contribution in [0, 0.1) is 0 Å². The lowest BCUT2D eigenvalue weighted by atomic mass is 10.0. The summed E-state index contributed by atoms with van der Waals surface area (Å²) < 4.78 is 0. The van der Waals surface area contributed by atoms with Crippen molar-refractivity contribution in [2.24, 2.45) is 5.73 Å². The van der Waals surface area contributed by atoms with Crippen molar-refractivity contribution in [3.8, 4) is 0 Å². The van der Waals surface area contributed by atoms with E-state index >= 15 is 0 Å². The number of carbonyl (C=O) groups is 5. The van der Waals surface area contributed by atoms with E-state index in [1.54, 1.807) is 0 Å². The summed E-state index contributed by atoms with van der Waals surface area (Å²) >= 11 is 0. The van der Waals surface area contributed by atoms with Crippen molar-refractivity contribution in [2.75, 3.05) is 13.1 Å². The van der Waals surface area contributed by atoms with Gasteiger partial charge in [0.2, 0.25) is 29.5 Å². The zero-order chi connectivity index (χ0) is 47.0. The molecular weight excluding hydrogens is 799 g/mol. The highest BCUT2D eigenvalue weighted by Gasteiger charge is 2.23. The summed E-state index contributed by atoms with van der Waals surface area (Å²) in [6.07, 6.45) is 48.0. The zero-order valence-electron chi connectivity index (χ0n) is 42.4. The number of rotatable bonds is 50. The molecule has 0 aliphatic heterocycles. The molecule has 376 valence electrons. The third-order valence-electron chi connectivity index (χ3n) is 12.9. The highest BCUT2D eigenvalue weighted by Crippen LogP contribution is 2.16. The van der Waals surface area contributed by atoms with Gasteiger partial charge in [0, 0.05) is 19.4 Å². The van der Waals surface area contributed by atoms with Crippen LogP contribution in [0.4, 0.5) is 0 Å². The Labute approximate surface area is 394 Å². The van der Waals surface area contributed by atoms with Crippen molar-refractivity contribution in [2.45, 2.75) is 303 Å². The van der Waals surface area contributed by atoms with Gasteiger partial charge in [-0.1, -0.05) is 252 Å². The molecule has 10 heteroatoms. The van der Waals surface area contributed by atoms with Crippen LogP contribution in [0.25, 0.3) is 0 Å². The molecule has 0 aromatic rings. The maximum atomic E-state index is 13.4. The lowest BCUT2D eigenvalue weighted by molar-refractivity contribution is -0.131. The molecule has 0 bridgehead atoms. The van der Waals surface area contributed by atoms with Crippen molar-refractivity contribution in [3.05, 3.63) is 0 Å². The molecule has 2 unspecified atom stereocenters. The van der Waals surface area contributed by atoms with Gasteiger partial charge in [-0.25, -0.2) is 0 Å². The second-order valence-corrected chi connectivity index (χ2v) is 19.2. The first kappa shape index (κ1) is 61.4. The number of unbranched alkanes of at least 4 members (excludes halogenated alkanes) is 35. The smallest absolute Gasteiger partial charge is 0.243 e. The van der Waals surface area contributed by atoms with Gasteiger partial charge in [-0.15, -0.1) is 0 Å². The third-order valence-corrected chi connectivity index (χ3v) is 12.9. The molecule has 0 heterocycles. The molecule has 64 heavy (non-hydrogen) atoms. The highest BCUT2D eigenvalue weighted by atomic mass is 16.2. The Morgan fingerprint density at radius 2 is 0.656 bits per heavy atom. The van der Waals surface area contributed by atoms with E-state index in [2.05, 4.69) is 42.0 Å². The van der Waals surface area contributed by atoms with Gasteiger partial charge in [0.25, 0.3) is 0 Å². The molecule has 0 saturated carbocycles. The van der Waals surface area contributed by atoms with Crippen LogP contribution in [0.2, 0.25) is 0 Å². The molecule has 6 N–H and O–H groups in total. The maximum absolute atomic E-state index is 13.4. The van der Waals surface area contributed by atoms with Crippen LogP contribution in [0.3, 0.4) is 0 Å². The van der Waals surface area contributed by atoms with Crippen molar-refractivity contribution in [1.29, 1.82) is 0 Å². The van der Waals surface area contributed by atoms with Crippen LogP contribution in [0.5, 0.6) is 0 Å². The van der Waals surface area contributed by atoms with E-state index < -0.39 is 29.8 Å². The van der Waals surface area contributed by atoms with E-state index in [1.807, 2.05) is 0 Å². The summed E-state index contributed by atoms with van der Waals surface area (Å²) in [6.45, 7) is 6.66. The lowest BCUT2D eigenvalue weighted by Crippen LogP contribution is -2.52. The molecule has 5 amide bonds. The van der Waals surface area contributed by atoms with Crippen molar-refractivity contribution in [1.82, 2.24) is 21.3 Å². The van der Waals surface area contributed by atoms with E-state index in [9.17, 15) is 24.0 Å². The SMILES string of the molecule is CCCCCCCCCCCCCCCC(=O)NCCC(NC(=O)CCCCCCCCCCCCCCC)C(=O)NCC(=O)NC(CCCCCCCCCCCCCC)C(N)=O. The molecule has 10 nitrogen and oxygen atoms in total. The number of nitrogens with two attached hydrogens (primary N) is 1. The fraction of sp³-hybridized carbons (Fsp3) is 0.907. The van der Waals surface area contributed by atoms with Crippen LogP contribution in [-0.4, -0.2) is 54.7 Å². The maximum Gasteiger partial charge on any atom is 0.243 e. The molecule has 0 fully saturated rings. The first-order chi connectivity index (χ1) is 31.2. The largest absolute Gasteiger partial charge is 0.368 e. The molecule has 0 saturated heterocycles. The summed E-state index contributed by atoms with van der Waals surface area (Å²) in [4.78, 5) is 64.1. The first-order valence-corrected chi connectivity index (χ1v) is 27.7. The van der Waals surface area contributed by atoms with Crippen molar-refractivity contribution < 1.29 is 24.0 Å². The molecule has 0 aliphatic rings. The standard InChI is InChI=1S/C54H105N5O5/c1-4-7-10-13-16-19-22-25-28-31-34-37-40-43-50(60)56-46-45-49(59-51(61)44-41-38-35-32-29-26-23-20-17-14-11-8-5-2)54(64)57-47-52(62)58-48(53(55)63)42-39-36-33-30-27-24-21-18-15-12-9-6-3/h48-49H,4-47H2,1-3H3,(H2,55,63)(H,56,60)(H,57,64)(H,58,62)(H,59,61). The van der Waals surface area contributed by atoms with Gasteiger partial charge in [-0.2, -0.15) is 0 Å². The average molecular weight is 904 g/mol. The van der Waals surface area contributed by atoms with Gasteiger partial charge in [0.15, 0.2) is 0 Å². The number of nitrogens with one attached hydrogen (secondary N) is 4. The monoisotopic (exact) mass is 904 g/mol. The molecule has 0 aromatic carbocycles. The molecule has 0 radical (unpaired) electrons. The number of hydrogen-bond acceptors (Lipinski definition) is 5. The molecular formula is C54H105N5O5. The number of carbonyl (C=O) groups excluding carboxylic acids is 5. The quantitative estimate of drug-likeness (QED) is 0.0384.